The Hall–Kier alpha value is -3.59. The van der Waals surface area contributed by atoms with Gasteiger partial charge in [-0.25, -0.2) is 0 Å². The van der Waals surface area contributed by atoms with Crippen LogP contribution in [-0.4, -0.2) is 24.5 Å². The fourth-order valence-electron chi connectivity index (χ4n) is 2.30. The number of amides is 2. The van der Waals surface area contributed by atoms with Gasteiger partial charge in [0.1, 0.15) is 17.4 Å². The summed E-state index contributed by atoms with van der Waals surface area (Å²) in [7, 11) is 0. The maximum atomic E-state index is 12.0. The van der Waals surface area contributed by atoms with Crippen LogP contribution in [0, 0.1) is 18.3 Å². The Kier molecular flexibility index (Phi) is 7.35. The number of carbonyl (C=O) groups excluding carboxylic acids is 2. The highest BCUT2D eigenvalue weighted by Gasteiger charge is 2.10. The highest BCUT2D eigenvalue weighted by molar-refractivity contribution is 6.01. The smallest absolute Gasteiger partial charge is 0.262 e. The zero-order valence-corrected chi connectivity index (χ0v) is 16.2. The van der Waals surface area contributed by atoms with Crippen LogP contribution in [0.2, 0.25) is 0 Å². The van der Waals surface area contributed by atoms with E-state index in [1.807, 2.05) is 51.1 Å². The second kappa shape index (κ2) is 9.93. The van der Waals surface area contributed by atoms with Gasteiger partial charge in [-0.1, -0.05) is 29.8 Å². The molecule has 0 heterocycles. The van der Waals surface area contributed by atoms with Crippen LogP contribution >= 0.6 is 0 Å². The molecule has 0 spiro atoms. The molecule has 28 heavy (non-hydrogen) atoms. The summed E-state index contributed by atoms with van der Waals surface area (Å²) >= 11 is 0. The zero-order valence-electron chi connectivity index (χ0n) is 16.2. The molecule has 6 nitrogen and oxygen atoms in total. The third-order valence-electron chi connectivity index (χ3n) is 3.68. The Morgan fingerprint density at radius 2 is 1.75 bits per heavy atom. The van der Waals surface area contributed by atoms with Gasteiger partial charge in [0.25, 0.3) is 11.8 Å². The highest BCUT2D eigenvalue weighted by Crippen LogP contribution is 2.15. The van der Waals surface area contributed by atoms with E-state index in [-0.39, 0.29) is 24.1 Å². The third-order valence-corrected chi connectivity index (χ3v) is 3.68. The molecule has 0 saturated heterocycles. The summed E-state index contributed by atoms with van der Waals surface area (Å²) in [5.41, 5.74) is 2.54. The first-order valence-corrected chi connectivity index (χ1v) is 8.89. The van der Waals surface area contributed by atoms with E-state index < -0.39 is 5.91 Å². The van der Waals surface area contributed by atoms with Crippen LogP contribution in [0.4, 0.5) is 5.69 Å². The summed E-state index contributed by atoms with van der Waals surface area (Å²) in [5, 5.41) is 14.6. The van der Waals surface area contributed by atoms with Gasteiger partial charge < -0.3 is 15.4 Å². The van der Waals surface area contributed by atoms with Gasteiger partial charge in [0.05, 0.1) is 0 Å². The molecule has 2 rings (SSSR count). The van der Waals surface area contributed by atoms with Crippen molar-refractivity contribution in [3.05, 3.63) is 65.2 Å². The van der Waals surface area contributed by atoms with Crippen LogP contribution in [0.1, 0.15) is 25.0 Å². The van der Waals surface area contributed by atoms with Crippen molar-refractivity contribution in [3.8, 4) is 11.8 Å². The molecule has 0 fully saturated rings. The van der Waals surface area contributed by atoms with Crippen LogP contribution in [0.25, 0.3) is 6.08 Å². The SMILES string of the molecule is Cc1ccc(NC(=O)COc2ccc(/C=C(\C#N)C(=O)NC(C)C)cc2)cc1. The molecule has 0 unspecified atom stereocenters. The van der Waals surface area contributed by atoms with Crippen LogP contribution < -0.4 is 15.4 Å². The predicted molar refractivity (Wildman–Crippen MR) is 109 cm³/mol. The van der Waals surface area contributed by atoms with E-state index >= 15 is 0 Å². The molecule has 0 aliphatic rings. The predicted octanol–water partition coefficient (Wildman–Crippen LogP) is 3.44. The summed E-state index contributed by atoms with van der Waals surface area (Å²) in [6.07, 6.45) is 1.51. The van der Waals surface area contributed by atoms with Crippen LogP contribution in [0.15, 0.2) is 54.1 Å². The minimum absolute atomic E-state index is 0.0276. The Balaban J connectivity index is 1.92. The molecule has 0 atom stereocenters. The topological polar surface area (TPSA) is 91.2 Å². The summed E-state index contributed by atoms with van der Waals surface area (Å²) in [4.78, 5) is 23.9. The normalized spacial score (nSPS) is 10.9. The van der Waals surface area contributed by atoms with E-state index in [9.17, 15) is 9.59 Å². The van der Waals surface area contributed by atoms with E-state index in [0.717, 1.165) is 5.56 Å². The number of nitriles is 1. The van der Waals surface area contributed by atoms with E-state index in [4.69, 9.17) is 10.00 Å². The van der Waals surface area contributed by atoms with Crippen molar-refractivity contribution in [1.82, 2.24) is 5.32 Å². The monoisotopic (exact) mass is 377 g/mol. The minimum atomic E-state index is -0.411. The Labute approximate surface area is 164 Å². The first-order chi connectivity index (χ1) is 13.4. The summed E-state index contributed by atoms with van der Waals surface area (Å²) in [6.45, 7) is 5.51. The van der Waals surface area contributed by atoms with Gasteiger partial charge in [-0.15, -0.1) is 0 Å². The largest absolute Gasteiger partial charge is 0.484 e. The van der Waals surface area contributed by atoms with Gasteiger partial charge >= 0.3 is 0 Å². The van der Waals surface area contributed by atoms with Crippen molar-refractivity contribution in [3.63, 3.8) is 0 Å². The number of nitrogens with one attached hydrogen (secondary N) is 2. The highest BCUT2D eigenvalue weighted by atomic mass is 16.5. The zero-order chi connectivity index (χ0) is 20.5. The average Bonchev–Trinajstić information content (AvgIpc) is 2.66. The maximum Gasteiger partial charge on any atom is 0.262 e. The number of hydrogen-bond acceptors (Lipinski definition) is 4. The number of anilines is 1. The van der Waals surface area contributed by atoms with Crippen LogP contribution in [0.5, 0.6) is 5.75 Å². The molecule has 6 heteroatoms. The third kappa shape index (κ3) is 6.61. The lowest BCUT2D eigenvalue weighted by Gasteiger charge is -2.08. The second-order valence-corrected chi connectivity index (χ2v) is 6.57. The maximum absolute atomic E-state index is 12.0. The molecule has 144 valence electrons. The summed E-state index contributed by atoms with van der Waals surface area (Å²) < 4.78 is 5.47. The number of carbonyl (C=O) groups is 2. The van der Waals surface area contributed by atoms with E-state index in [0.29, 0.717) is 17.0 Å². The number of hydrogen-bond donors (Lipinski definition) is 2. The fraction of sp³-hybridized carbons (Fsp3) is 0.227. The lowest BCUT2D eigenvalue weighted by molar-refractivity contribution is -0.118. The molecule has 0 saturated carbocycles. The number of nitrogens with zero attached hydrogens (tertiary/aromatic N) is 1. The second-order valence-electron chi connectivity index (χ2n) is 6.57. The van der Waals surface area contributed by atoms with Gasteiger partial charge in [-0.2, -0.15) is 5.26 Å². The van der Waals surface area contributed by atoms with Crippen molar-refractivity contribution < 1.29 is 14.3 Å². The Bertz CT molecular complexity index is 892. The van der Waals surface area contributed by atoms with Crippen LogP contribution in [-0.2, 0) is 9.59 Å². The van der Waals surface area contributed by atoms with Gasteiger partial charge in [0, 0.05) is 11.7 Å². The van der Waals surface area contributed by atoms with Crippen molar-refractivity contribution in [2.24, 2.45) is 0 Å². The lowest BCUT2D eigenvalue weighted by atomic mass is 10.1. The molecule has 0 aliphatic heterocycles. The number of ether oxygens (including phenoxy) is 1. The van der Waals surface area contributed by atoms with Gasteiger partial charge in [0.15, 0.2) is 6.61 Å². The van der Waals surface area contributed by atoms with Crippen molar-refractivity contribution in [2.75, 3.05) is 11.9 Å². The summed E-state index contributed by atoms with van der Waals surface area (Å²) in [5.74, 6) is -0.156. The van der Waals surface area contributed by atoms with Gasteiger partial charge in [0.2, 0.25) is 0 Å². The quantitative estimate of drug-likeness (QED) is 0.571. The lowest BCUT2D eigenvalue weighted by Crippen LogP contribution is -2.30. The van der Waals surface area contributed by atoms with E-state index in [1.165, 1.54) is 6.08 Å². The first kappa shape index (κ1) is 20.7. The molecule has 2 amide bonds. The van der Waals surface area contributed by atoms with Crippen molar-refractivity contribution in [1.29, 1.82) is 5.26 Å². The standard InChI is InChI=1S/C22H23N3O3/c1-15(2)24-22(27)18(13-23)12-17-6-10-20(11-7-17)28-14-21(26)25-19-8-4-16(3)5-9-19/h4-12,15H,14H2,1-3H3,(H,24,27)(H,25,26)/b18-12+. The molecule has 0 bridgehead atoms. The van der Waals surface area contributed by atoms with E-state index in [2.05, 4.69) is 10.6 Å². The van der Waals surface area contributed by atoms with Crippen LogP contribution in [0.3, 0.4) is 0 Å². The van der Waals surface area contributed by atoms with Crippen molar-refractivity contribution >= 4 is 23.6 Å². The molecule has 2 aromatic rings. The summed E-state index contributed by atoms with van der Waals surface area (Å²) in [6, 6.07) is 16.1. The molecule has 0 aromatic heterocycles. The minimum Gasteiger partial charge on any atom is -0.484 e. The average molecular weight is 377 g/mol. The first-order valence-electron chi connectivity index (χ1n) is 8.89. The van der Waals surface area contributed by atoms with Gasteiger partial charge in [-0.3, -0.25) is 9.59 Å². The van der Waals surface area contributed by atoms with Gasteiger partial charge in [-0.05, 0) is 56.7 Å². The number of rotatable bonds is 7. The molecule has 2 aromatic carbocycles. The molecular weight excluding hydrogens is 354 g/mol. The fourth-order valence-corrected chi connectivity index (χ4v) is 2.30. The molecular formula is C22H23N3O3. The molecule has 0 aliphatic carbocycles. The molecule has 0 radical (unpaired) electrons. The Morgan fingerprint density at radius 3 is 2.32 bits per heavy atom. The molecule has 2 N–H and O–H groups in total. The van der Waals surface area contributed by atoms with Crippen molar-refractivity contribution in [2.45, 2.75) is 26.8 Å². The Morgan fingerprint density at radius 1 is 1.11 bits per heavy atom. The number of benzene rings is 2. The number of aryl methyl sites for hydroxylation is 1. The van der Waals surface area contributed by atoms with E-state index in [1.54, 1.807) is 24.3 Å².